The summed E-state index contributed by atoms with van der Waals surface area (Å²) < 4.78 is 17.4. The molecule has 3 saturated heterocycles. The Hall–Kier alpha value is -9.49. The van der Waals surface area contributed by atoms with Crippen LogP contribution in [0.1, 0.15) is 95.0 Å². The number of aryl methyl sites for hydroxylation is 5. The van der Waals surface area contributed by atoms with Gasteiger partial charge in [0, 0.05) is 105 Å². The molecule has 0 unspecified atom stereocenters. The summed E-state index contributed by atoms with van der Waals surface area (Å²) in [6, 6.07) is 17.4. The van der Waals surface area contributed by atoms with Crippen LogP contribution in [0.25, 0.3) is 65.8 Å². The predicted octanol–water partition coefficient (Wildman–Crippen LogP) is 12.8. The maximum Gasteiger partial charge on any atom is 0.228 e. The van der Waals surface area contributed by atoms with Crippen molar-refractivity contribution in [2.24, 2.45) is 0 Å². The lowest BCUT2D eigenvalue weighted by atomic mass is 10.1. The second-order valence-electron chi connectivity index (χ2n) is 24.7. The number of nitrogens with zero attached hydrogens (tertiary/aromatic N) is 18. The van der Waals surface area contributed by atoms with E-state index in [1.54, 1.807) is 0 Å². The Balaban J connectivity index is 0.000000142. The van der Waals surface area contributed by atoms with E-state index in [-0.39, 0.29) is 19.8 Å². The molecule has 0 spiro atoms. The highest BCUT2D eigenvalue weighted by molar-refractivity contribution is 6.05. The van der Waals surface area contributed by atoms with Crippen molar-refractivity contribution in [1.82, 2.24) is 78.8 Å². The Labute approximate surface area is 553 Å². The van der Waals surface area contributed by atoms with Crippen LogP contribution in [-0.4, -0.2) is 152 Å². The highest BCUT2D eigenvalue weighted by atomic mass is 35.5. The summed E-state index contributed by atoms with van der Waals surface area (Å²) in [7, 11) is 0. The minimum Gasteiger partial charge on any atom is -0.378 e. The quantitative estimate of drug-likeness (QED) is 0.0888. The molecule has 0 aliphatic carbocycles. The lowest BCUT2D eigenvalue weighted by Crippen LogP contribution is -2.43. The van der Waals surface area contributed by atoms with E-state index < -0.39 is 0 Å². The van der Waals surface area contributed by atoms with Gasteiger partial charge in [0.15, 0.2) is 0 Å². The van der Waals surface area contributed by atoms with Gasteiger partial charge in [-0.25, -0.2) is 59.8 Å². The van der Waals surface area contributed by atoms with E-state index in [9.17, 15) is 0 Å². The monoisotopic (exact) mass is 1290 g/mol. The third-order valence-electron chi connectivity index (χ3n) is 17.2. The van der Waals surface area contributed by atoms with Crippen LogP contribution < -0.4 is 36.0 Å². The second-order valence-corrected chi connectivity index (χ2v) is 24.7. The molecule has 12 aromatic rings. The maximum atomic E-state index is 5.46. The number of anilines is 9. The number of hydrogen-bond donors (Lipinski definition) is 4. The fourth-order valence-electron chi connectivity index (χ4n) is 12.4. The number of pyridine rings is 3. The summed E-state index contributed by atoms with van der Waals surface area (Å²) in [4.78, 5) is 62.9. The van der Waals surface area contributed by atoms with Crippen molar-refractivity contribution in [3.05, 3.63) is 126 Å². The van der Waals surface area contributed by atoms with E-state index in [4.69, 9.17) is 29.4 Å². The Morgan fingerprint density at radius 3 is 1.24 bits per heavy atom. The van der Waals surface area contributed by atoms with Crippen LogP contribution in [-0.2, 0) is 9.47 Å². The first-order valence-corrected chi connectivity index (χ1v) is 31.8. The summed E-state index contributed by atoms with van der Waals surface area (Å²) in [5.41, 5.74) is 17.8. The molecule has 0 bridgehead atoms. The van der Waals surface area contributed by atoms with Crippen LogP contribution in [0.15, 0.2) is 98.5 Å². The Morgan fingerprint density at radius 1 is 0.404 bits per heavy atom. The van der Waals surface area contributed by atoms with Crippen molar-refractivity contribution >= 4 is 131 Å². The summed E-state index contributed by atoms with van der Waals surface area (Å²) in [6.07, 6.45) is 15.1. The van der Waals surface area contributed by atoms with E-state index in [1.165, 1.54) is 5.69 Å². The molecule has 15 rings (SSSR count). The zero-order valence-corrected chi connectivity index (χ0v) is 55.5. The molecule has 3 aliphatic rings. The van der Waals surface area contributed by atoms with Crippen LogP contribution in [0, 0.1) is 34.6 Å². The van der Waals surface area contributed by atoms with Gasteiger partial charge in [-0.2, -0.15) is 0 Å². The predicted molar refractivity (Wildman–Crippen MR) is 381 cm³/mol. The molecule has 12 heterocycles. The molecule has 3 aliphatic heterocycles. The van der Waals surface area contributed by atoms with Gasteiger partial charge in [0.05, 0.1) is 114 Å². The van der Waals surface area contributed by atoms with Gasteiger partial charge < -0.3 is 59.1 Å². The van der Waals surface area contributed by atoms with Crippen molar-refractivity contribution in [1.29, 1.82) is 0 Å². The molecule has 25 heteroatoms. The van der Waals surface area contributed by atoms with Crippen molar-refractivity contribution in [3.8, 4) is 0 Å². The number of hydrogen-bond acceptors (Lipinski definition) is 21. The minimum atomic E-state index is 0. The van der Waals surface area contributed by atoms with Gasteiger partial charge in [0.25, 0.3) is 0 Å². The van der Waals surface area contributed by atoms with E-state index in [0.717, 1.165) is 196 Å². The number of imidazole rings is 3. The molecule has 3 fully saturated rings. The number of fused-ring (bicyclic) bond motifs is 9. The van der Waals surface area contributed by atoms with Crippen molar-refractivity contribution in [2.45, 2.75) is 102 Å². The third kappa shape index (κ3) is 13.6. The lowest BCUT2D eigenvalue weighted by molar-refractivity contribution is 0.122. The molecular formula is C69H85ClN22O2. The largest absolute Gasteiger partial charge is 0.378 e. The van der Waals surface area contributed by atoms with E-state index in [1.807, 2.05) is 68.2 Å². The fourth-order valence-corrected chi connectivity index (χ4v) is 12.4. The van der Waals surface area contributed by atoms with Crippen LogP contribution in [0.3, 0.4) is 0 Å². The normalized spacial score (nSPS) is 14.4. The number of aromatic nitrogens is 15. The van der Waals surface area contributed by atoms with E-state index in [0.29, 0.717) is 41.8 Å². The first-order valence-electron chi connectivity index (χ1n) is 31.8. The number of halogens is 1. The number of benzene rings is 3. The zero-order valence-electron chi connectivity index (χ0n) is 54.7. The lowest BCUT2D eigenvalue weighted by Gasteiger charge is -2.30. The highest BCUT2D eigenvalue weighted by Crippen LogP contribution is 2.34. The molecule has 0 saturated carbocycles. The molecular weight excluding hydrogens is 1200 g/mol. The highest BCUT2D eigenvalue weighted by Gasteiger charge is 2.21. The third-order valence-corrected chi connectivity index (χ3v) is 17.2. The second kappa shape index (κ2) is 28.4. The summed E-state index contributed by atoms with van der Waals surface area (Å²) in [6.45, 7) is 33.9. The molecule has 9 aromatic heterocycles. The number of piperazine rings is 1. The van der Waals surface area contributed by atoms with Crippen LogP contribution in [0.5, 0.6) is 0 Å². The average Bonchev–Trinajstić information content (AvgIpc) is 1.56. The summed E-state index contributed by atoms with van der Waals surface area (Å²) in [5.74, 6) is 3.78. The molecule has 4 N–H and O–H groups in total. The molecule has 0 radical (unpaired) electrons. The number of rotatable bonds is 12. The number of morpholine rings is 2. The first-order chi connectivity index (χ1) is 44.6. The van der Waals surface area contributed by atoms with Gasteiger partial charge >= 0.3 is 0 Å². The molecule has 3 aromatic carbocycles. The summed E-state index contributed by atoms with van der Waals surface area (Å²) >= 11 is 0. The average molecular weight is 1290 g/mol. The van der Waals surface area contributed by atoms with Gasteiger partial charge in [-0.15, -0.1) is 12.4 Å². The SMILES string of the molecule is C.Cc1cc(Nc2ncc3cc(C)c4ncn(C(C)C)c4c3n2)ncc1N1CCOCC1.Cc1cc2cnc(Nc3ccc(N4CCOCC4)cn3)nc2c2c1ncn2C(C)C.Cc1nc(Nc2ncc3cc(C)c4ncn(C(C)C)c4c3n2)ccc1N1CCNCC1.Cl. The molecule has 94 heavy (non-hydrogen) atoms. The van der Waals surface area contributed by atoms with Crippen LogP contribution >= 0.6 is 12.4 Å². The van der Waals surface area contributed by atoms with Gasteiger partial charge in [-0.05, 0) is 147 Å². The Kier molecular flexibility index (Phi) is 19.9. The Bertz CT molecular complexity index is 4450. The molecule has 24 nitrogen and oxygen atoms in total. The van der Waals surface area contributed by atoms with Crippen LogP contribution in [0.4, 0.5) is 52.4 Å². The number of nitrogens with one attached hydrogen (secondary N) is 4. The van der Waals surface area contributed by atoms with E-state index >= 15 is 0 Å². The number of ether oxygens (including phenoxy) is 2. The standard InChI is InChI=1S/C23H28N8.C23H27N7O.C22H25N7O.CH4.ClH/c1-14(2)31-13-26-20-15(3)11-17-12-25-23(29-21(17)22(20)31)28-19-6-5-18(16(4)27-19)30-9-7-24-8-10-30;1-14(2)30-13-26-20-16(4)9-17-11-25-23(28-21(17)22(20)30)27-19-10-15(3)18(12-24-19)29-5-7-31-8-6-29;1-14(2)29-13-25-19-15(3)10-16-11-24-22(27-20(16)21(19)29)26-18-5-4-17(12-23-18)28-6-8-30-9-7-28;;/h5-6,11-14,24H,7-10H2,1-4H3,(H,25,27,28,29);9-14H,5-8H2,1-4H3,(H,24,25,27,28);4-5,10-14H,6-9H2,1-3H3,(H,23,24,26,27);1H4;1H. The minimum absolute atomic E-state index is 0. The topological polar surface area (TPSA) is 246 Å². The maximum absolute atomic E-state index is 5.46. The molecule has 0 amide bonds. The Morgan fingerprint density at radius 2 is 0.819 bits per heavy atom. The summed E-state index contributed by atoms with van der Waals surface area (Å²) in [5, 5.41) is 16.2. The van der Waals surface area contributed by atoms with Crippen molar-refractivity contribution < 1.29 is 9.47 Å². The smallest absolute Gasteiger partial charge is 0.228 e. The van der Waals surface area contributed by atoms with Gasteiger partial charge in [0.1, 0.15) is 34.0 Å². The molecule has 490 valence electrons. The van der Waals surface area contributed by atoms with Gasteiger partial charge in [-0.1, -0.05) is 7.43 Å². The van der Waals surface area contributed by atoms with E-state index in [2.05, 4.69) is 196 Å². The fraction of sp³-hybridized carbons (Fsp3) is 0.391. The van der Waals surface area contributed by atoms with Crippen molar-refractivity contribution in [3.63, 3.8) is 0 Å². The van der Waals surface area contributed by atoms with Crippen LogP contribution in [0.2, 0.25) is 0 Å². The zero-order chi connectivity index (χ0) is 63.7. The first kappa shape index (κ1) is 66.0. The van der Waals surface area contributed by atoms with Crippen molar-refractivity contribution in [2.75, 3.05) is 109 Å². The van der Waals surface area contributed by atoms with Gasteiger partial charge in [-0.3, -0.25) is 0 Å². The molecule has 0 atom stereocenters. The van der Waals surface area contributed by atoms with Gasteiger partial charge in [0.2, 0.25) is 17.8 Å².